The van der Waals surface area contributed by atoms with Crippen molar-refractivity contribution in [2.75, 3.05) is 14.2 Å². The molecule has 0 aromatic carbocycles. The van der Waals surface area contributed by atoms with Crippen molar-refractivity contribution in [3.63, 3.8) is 0 Å². The molecular formula is C8H12N2O8. The van der Waals surface area contributed by atoms with E-state index >= 15 is 0 Å². The molecule has 0 aromatic heterocycles. The first-order valence-corrected chi connectivity index (χ1v) is 4.41. The summed E-state index contributed by atoms with van der Waals surface area (Å²) in [7, 11) is 2.00. The largest absolute Gasteiger partial charge is 0.465 e. The molecule has 0 saturated heterocycles. The van der Waals surface area contributed by atoms with Gasteiger partial charge in [0.05, 0.1) is 14.2 Å². The van der Waals surface area contributed by atoms with E-state index in [1.165, 1.54) is 0 Å². The van der Waals surface area contributed by atoms with Gasteiger partial charge in [0.15, 0.2) is 0 Å². The maximum Gasteiger partial charge on any atom is 0.419 e. The topological polar surface area (TPSA) is 157 Å². The van der Waals surface area contributed by atoms with Crippen LogP contribution in [-0.2, 0) is 38.1 Å². The Bertz CT molecular complexity index is 321. The summed E-state index contributed by atoms with van der Waals surface area (Å²) in [5.74, 6) is -5.36. The summed E-state index contributed by atoms with van der Waals surface area (Å²) in [5, 5.41) is 0. The molecule has 102 valence electrons. The lowest BCUT2D eigenvalue weighted by molar-refractivity contribution is -0.182. The van der Waals surface area contributed by atoms with Crippen LogP contribution in [0.2, 0.25) is 0 Å². The number of hydrogen-bond donors (Lipinski definition) is 2. The molecule has 0 spiro atoms. The van der Waals surface area contributed by atoms with Gasteiger partial charge in [0.2, 0.25) is 12.5 Å². The van der Waals surface area contributed by atoms with Gasteiger partial charge < -0.3 is 18.9 Å². The van der Waals surface area contributed by atoms with Crippen molar-refractivity contribution < 1.29 is 38.1 Å². The Morgan fingerprint density at radius 1 is 0.778 bits per heavy atom. The number of hydrogen-bond acceptors (Lipinski definition) is 10. The number of rotatable bonds is 4. The van der Waals surface area contributed by atoms with Gasteiger partial charge in [0, 0.05) is 0 Å². The molecule has 0 aliphatic heterocycles. The monoisotopic (exact) mass is 264 g/mol. The predicted octanol–water partition coefficient (Wildman–Crippen LogP) is -3.01. The van der Waals surface area contributed by atoms with Crippen LogP contribution in [0.25, 0.3) is 0 Å². The summed E-state index contributed by atoms with van der Waals surface area (Å²) in [5.41, 5.74) is 10.1. The summed E-state index contributed by atoms with van der Waals surface area (Å²) in [6, 6.07) is 0. The third-order valence-electron chi connectivity index (χ3n) is 1.50. The van der Waals surface area contributed by atoms with Gasteiger partial charge in [0.1, 0.15) is 0 Å². The molecule has 0 bridgehead atoms. The number of esters is 4. The van der Waals surface area contributed by atoms with Crippen molar-refractivity contribution >= 4 is 23.9 Å². The molecular weight excluding hydrogens is 252 g/mol. The molecule has 0 amide bonds. The Kier molecular flexibility index (Phi) is 6.31. The quantitative estimate of drug-likeness (QED) is 0.232. The zero-order valence-electron chi connectivity index (χ0n) is 9.58. The lowest BCUT2D eigenvalue weighted by Crippen LogP contribution is -2.42. The third kappa shape index (κ3) is 4.76. The standard InChI is InChI=1S/C8H12N2O8/c1-15-5(11)3(9)17-7(13)8(14)18-4(10)6(12)16-2/h3-4H,9-10H2,1-2H3. The van der Waals surface area contributed by atoms with E-state index in [9.17, 15) is 19.2 Å². The molecule has 0 saturated carbocycles. The average molecular weight is 264 g/mol. The van der Waals surface area contributed by atoms with Gasteiger partial charge in [-0.05, 0) is 0 Å². The van der Waals surface area contributed by atoms with E-state index in [1.54, 1.807) is 0 Å². The van der Waals surface area contributed by atoms with E-state index in [1.807, 2.05) is 0 Å². The molecule has 2 atom stereocenters. The lowest BCUT2D eigenvalue weighted by Gasteiger charge is -2.12. The van der Waals surface area contributed by atoms with Gasteiger partial charge in [-0.3, -0.25) is 11.5 Å². The van der Waals surface area contributed by atoms with Gasteiger partial charge in [0.25, 0.3) is 0 Å². The predicted molar refractivity (Wildman–Crippen MR) is 52.2 cm³/mol. The molecule has 0 aliphatic rings. The smallest absolute Gasteiger partial charge is 0.419 e. The summed E-state index contributed by atoms with van der Waals surface area (Å²) in [6.07, 6.45) is -3.58. The maximum atomic E-state index is 11.0. The minimum absolute atomic E-state index is 1.00. The van der Waals surface area contributed by atoms with Crippen LogP contribution >= 0.6 is 0 Å². The van der Waals surface area contributed by atoms with Gasteiger partial charge in [-0.1, -0.05) is 0 Å². The number of methoxy groups -OCH3 is 2. The second-order valence-corrected chi connectivity index (χ2v) is 2.70. The zero-order valence-corrected chi connectivity index (χ0v) is 9.58. The van der Waals surface area contributed by atoms with Crippen LogP contribution in [0.5, 0.6) is 0 Å². The molecule has 10 nitrogen and oxygen atoms in total. The Labute approximate surface area is 101 Å². The first-order valence-electron chi connectivity index (χ1n) is 4.41. The molecule has 0 rings (SSSR count). The van der Waals surface area contributed by atoms with Crippen molar-refractivity contribution in [3.05, 3.63) is 0 Å². The van der Waals surface area contributed by atoms with Crippen molar-refractivity contribution in [2.45, 2.75) is 12.5 Å². The highest BCUT2D eigenvalue weighted by Crippen LogP contribution is 1.94. The van der Waals surface area contributed by atoms with Crippen LogP contribution in [0, 0.1) is 0 Å². The van der Waals surface area contributed by atoms with Crippen LogP contribution < -0.4 is 11.5 Å². The van der Waals surface area contributed by atoms with E-state index in [0.717, 1.165) is 14.2 Å². The van der Waals surface area contributed by atoms with Crippen LogP contribution in [0.1, 0.15) is 0 Å². The number of carbonyl (C=O) groups excluding carboxylic acids is 4. The van der Waals surface area contributed by atoms with Crippen molar-refractivity contribution in [3.8, 4) is 0 Å². The zero-order chi connectivity index (χ0) is 14.3. The van der Waals surface area contributed by atoms with Crippen molar-refractivity contribution in [1.29, 1.82) is 0 Å². The van der Waals surface area contributed by atoms with Crippen LogP contribution in [0.3, 0.4) is 0 Å². The fourth-order valence-electron chi connectivity index (χ4n) is 0.655. The molecule has 2 unspecified atom stereocenters. The Morgan fingerprint density at radius 2 is 1.06 bits per heavy atom. The van der Waals surface area contributed by atoms with E-state index in [-0.39, 0.29) is 0 Å². The molecule has 10 heteroatoms. The SMILES string of the molecule is COC(=O)C(N)OC(=O)C(=O)OC(N)C(=O)OC. The summed E-state index contributed by atoms with van der Waals surface area (Å²) < 4.78 is 16.6. The summed E-state index contributed by atoms with van der Waals surface area (Å²) in [6.45, 7) is 0. The summed E-state index contributed by atoms with van der Waals surface area (Å²) >= 11 is 0. The van der Waals surface area contributed by atoms with Crippen molar-refractivity contribution in [1.82, 2.24) is 0 Å². The fraction of sp³-hybridized carbons (Fsp3) is 0.500. The van der Waals surface area contributed by atoms with Crippen LogP contribution in [-0.4, -0.2) is 50.6 Å². The Hall–Kier alpha value is -2.20. The van der Waals surface area contributed by atoms with Gasteiger partial charge in [-0.15, -0.1) is 0 Å². The van der Waals surface area contributed by atoms with Gasteiger partial charge in [-0.2, -0.15) is 0 Å². The lowest BCUT2D eigenvalue weighted by atomic mass is 10.5. The minimum atomic E-state index is -1.79. The molecule has 0 fully saturated rings. The second kappa shape index (κ2) is 7.19. The molecule has 0 aliphatic carbocycles. The van der Waals surface area contributed by atoms with Gasteiger partial charge >= 0.3 is 23.9 Å². The minimum Gasteiger partial charge on any atom is -0.465 e. The van der Waals surface area contributed by atoms with Crippen LogP contribution in [0.4, 0.5) is 0 Å². The number of nitrogens with two attached hydrogens (primary N) is 2. The van der Waals surface area contributed by atoms with Crippen LogP contribution in [0.15, 0.2) is 0 Å². The number of carbonyl (C=O) groups is 4. The second-order valence-electron chi connectivity index (χ2n) is 2.70. The molecule has 18 heavy (non-hydrogen) atoms. The van der Waals surface area contributed by atoms with Gasteiger partial charge in [-0.25, -0.2) is 19.2 Å². The number of ether oxygens (including phenoxy) is 4. The van der Waals surface area contributed by atoms with E-state index < -0.39 is 36.3 Å². The summed E-state index contributed by atoms with van der Waals surface area (Å²) in [4.78, 5) is 43.6. The first kappa shape index (κ1) is 15.8. The fourth-order valence-corrected chi connectivity index (χ4v) is 0.655. The van der Waals surface area contributed by atoms with E-state index in [4.69, 9.17) is 11.5 Å². The highest BCUT2D eigenvalue weighted by Gasteiger charge is 2.28. The third-order valence-corrected chi connectivity index (χ3v) is 1.50. The maximum absolute atomic E-state index is 11.0. The highest BCUT2D eigenvalue weighted by atomic mass is 16.6. The van der Waals surface area contributed by atoms with Crippen molar-refractivity contribution in [2.24, 2.45) is 11.5 Å². The normalized spacial score (nSPS) is 12.9. The molecule has 4 N–H and O–H groups in total. The Balaban J connectivity index is 4.32. The molecule has 0 heterocycles. The van der Waals surface area contributed by atoms with E-state index in [2.05, 4.69) is 18.9 Å². The highest BCUT2D eigenvalue weighted by molar-refractivity contribution is 6.30. The first-order chi connectivity index (χ1) is 8.33. The molecule has 0 radical (unpaired) electrons. The molecule has 0 aromatic rings. The average Bonchev–Trinajstić information content (AvgIpc) is 2.35. The Morgan fingerprint density at radius 3 is 1.28 bits per heavy atom. The van der Waals surface area contributed by atoms with E-state index in [0.29, 0.717) is 0 Å².